The van der Waals surface area contributed by atoms with Crippen molar-refractivity contribution in [3.05, 3.63) is 11.5 Å². The number of aliphatic hydroxyl groups excluding tert-OH is 2. The molecule has 0 amide bonds. The number of carboxylic acid groups (broad SMARTS) is 1. The smallest absolute Gasteiger partial charge is 0.335 e. The monoisotopic (exact) mass is 178 g/mol. The summed E-state index contributed by atoms with van der Waals surface area (Å²) in [5.74, 6) is -1.43. The Morgan fingerprint density at radius 3 is 2.45 bits per heavy atom. The molecule has 0 saturated heterocycles. The maximum atomic E-state index is 10.1. The first kappa shape index (κ1) is 10.5. The van der Waals surface area contributed by atoms with Crippen molar-refractivity contribution in [2.24, 2.45) is 0 Å². The second kappa shape index (κ2) is 5.17. The molecule has 0 aliphatic carbocycles. The van der Waals surface area contributed by atoms with Crippen LogP contribution in [-0.2, 0) is 4.79 Å². The third-order valence-electron chi connectivity index (χ3n) is 0.988. The predicted octanol–water partition coefficient (Wildman–Crippen LogP) is -0.331. The molecule has 0 fully saturated rings. The molecule has 3 N–H and O–H groups in total. The second-order valence-electron chi connectivity index (χ2n) is 1.84. The van der Waals surface area contributed by atoms with Gasteiger partial charge in [0.2, 0.25) is 0 Å². The van der Waals surface area contributed by atoms with Crippen molar-refractivity contribution in [3.8, 4) is 0 Å². The third kappa shape index (κ3) is 4.02. The number of thioether (sulfide) groups is 1. The van der Waals surface area contributed by atoms with Gasteiger partial charge >= 0.3 is 5.97 Å². The highest BCUT2D eigenvalue weighted by molar-refractivity contribution is 8.01. The molecule has 0 aliphatic rings. The lowest BCUT2D eigenvalue weighted by atomic mass is 10.2. The van der Waals surface area contributed by atoms with Crippen LogP contribution in [0.5, 0.6) is 0 Å². The van der Waals surface area contributed by atoms with E-state index in [9.17, 15) is 4.79 Å². The van der Waals surface area contributed by atoms with Gasteiger partial charge in [-0.05, 0) is 17.7 Å². The molecule has 0 spiro atoms. The van der Waals surface area contributed by atoms with Crippen molar-refractivity contribution in [2.45, 2.75) is 12.2 Å². The van der Waals surface area contributed by atoms with Crippen LogP contribution in [0.1, 0.15) is 0 Å². The Morgan fingerprint density at radius 1 is 1.55 bits per heavy atom. The van der Waals surface area contributed by atoms with Gasteiger partial charge in [0.1, 0.15) is 6.10 Å². The Kier molecular flexibility index (Phi) is 4.93. The van der Waals surface area contributed by atoms with E-state index in [1.54, 1.807) is 6.26 Å². The van der Waals surface area contributed by atoms with Crippen LogP contribution in [0.25, 0.3) is 0 Å². The Hall–Kier alpha value is -0.520. The van der Waals surface area contributed by atoms with Crippen LogP contribution in [0.15, 0.2) is 11.5 Å². The molecule has 11 heavy (non-hydrogen) atoms. The number of rotatable bonds is 4. The molecule has 4 nitrogen and oxygen atoms in total. The molecule has 0 saturated carbocycles. The summed E-state index contributed by atoms with van der Waals surface area (Å²) in [6.45, 7) is 0. The fourth-order valence-electron chi connectivity index (χ4n) is 0.410. The average molecular weight is 178 g/mol. The van der Waals surface area contributed by atoms with Crippen molar-refractivity contribution in [3.63, 3.8) is 0 Å². The zero-order valence-corrected chi connectivity index (χ0v) is 6.78. The fourth-order valence-corrected chi connectivity index (χ4v) is 0.729. The van der Waals surface area contributed by atoms with E-state index >= 15 is 0 Å². The van der Waals surface area contributed by atoms with Crippen LogP contribution in [0.2, 0.25) is 0 Å². The van der Waals surface area contributed by atoms with Gasteiger partial charge in [-0.3, -0.25) is 0 Å². The number of hydrogen-bond acceptors (Lipinski definition) is 4. The molecule has 0 radical (unpaired) electrons. The molecule has 5 heteroatoms. The minimum absolute atomic E-state index is 1.23. The van der Waals surface area contributed by atoms with Gasteiger partial charge in [0.15, 0.2) is 6.10 Å². The summed E-state index contributed by atoms with van der Waals surface area (Å²) in [5.41, 5.74) is 0. The van der Waals surface area contributed by atoms with Crippen LogP contribution in [0.4, 0.5) is 0 Å². The van der Waals surface area contributed by atoms with Gasteiger partial charge in [-0.1, -0.05) is 0 Å². The van der Waals surface area contributed by atoms with E-state index in [0.717, 1.165) is 0 Å². The Morgan fingerprint density at radius 2 is 2.09 bits per heavy atom. The highest BCUT2D eigenvalue weighted by Crippen LogP contribution is 2.00. The molecule has 0 aromatic heterocycles. The normalized spacial score (nSPS) is 16.6. The Labute approximate surface area is 68.5 Å². The van der Waals surface area contributed by atoms with Crippen LogP contribution >= 0.6 is 11.8 Å². The van der Waals surface area contributed by atoms with E-state index in [-0.39, 0.29) is 0 Å². The molecular weight excluding hydrogens is 168 g/mol. The van der Waals surface area contributed by atoms with Gasteiger partial charge in [-0.15, -0.1) is 11.8 Å². The summed E-state index contributed by atoms with van der Waals surface area (Å²) in [6, 6.07) is 0. The first-order chi connectivity index (χ1) is 5.09. The standard InChI is InChI=1S/C6H10O4S/c1-11-3-2-4(7)5(8)6(9)10/h2-5,7-8H,1H3,(H,9,10)/b3-2+. The summed E-state index contributed by atoms with van der Waals surface area (Å²) < 4.78 is 0. The zero-order valence-electron chi connectivity index (χ0n) is 5.97. The summed E-state index contributed by atoms with van der Waals surface area (Å²) in [6.07, 6.45) is -0.0850. The zero-order chi connectivity index (χ0) is 8.85. The number of aliphatic carboxylic acids is 1. The van der Waals surface area contributed by atoms with Crippen LogP contribution in [0.3, 0.4) is 0 Å². The van der Waals surface area contributed by atoms with Crippen LogP contribution < -0.4 is 0 Å². The minimum atomic E-state index is -1.74. The van der Waals surface area contributed by atoms with Crippen molar-refractivity contribution in [2.75, 3.05) is 6.26 Å². The average Bonchev–Trinajstić information content (AvgIpc) is 1.98. The first-order valence-corrected chi connectivity index (χ1v) is 4.16. The molecule has 2 atom stereocenters. The largest absolute Gasteiger partial charge is 0.479 e. The third-order valence-corrected chi connectivity index (χ3v) is 1.42. The lowest BCUT2D eigenvalue weighted by molar-refractivity contribution is -0.150. The number of carboxylic acids is 1. The molecule has 0 heterocycles. The van der Waals surface area contributed by atoms with Gasteiger partial charge in [0.05, 0.1) is 0 Å². The van der Waals surface area contributed by atoms with Crippen LogP contribution in [-0.4, -0.2) is 39.8 Å². The van der Waals surface area contributed by atoms with E-state index in [1.165, 1.54) is 23.2 Å². The van der Waals surface area contributed by atoms with E-state index in [4.69, 9.17) is 15.3 Å². The topological polar surface area (TPSA) is 77.8 Å². The lowest BCUT2D eigenvalue weighted by Crippen LogP contribution is -2.31. The highest BCUT2D eigenvalue weighted by Gasteiger charge is 2.20. The van der Waals surface area contributed by atoms with Crippen molar-refractivity contribution in [1.82, 2.24) is 0 Å². The van der Waals surface area contributed by atoms with Gasteiger partial charge in [0.25, 0.3) is 0 Å². The molecule has 64 valence electrons. The predicted molar refractivity (Wildman–Crippen MR) is 42.3 cm³/mol. The van der Waals surface area contributed by atoms with Gasteiger partial charge in [0, 0.05) is 0 Å². The lowest BCUT2D eigenvalue weighted by Gasteiger charge is -2.08. The fraction of sp³-hybridized carbons (Fsp3) is 0.500. The van der Waals surface area contributed by atoms with Crippen molar-refractivity contribution >= 4 is 17.7 Å². The van der Waals surface area contributed by atoms with Crippen molar-refractivity contribution in [1.29, 1.82) is 0 Å². The Bertz CT molecular complexity index is 157. The summed E-state index contributed by atoms with van der Waals surface area (Å²) in [7, 11) is 0. The van der Waals surface area contributed by atoms with Crippen molar-refractivity contribution < 1.29 is 20.1 Å². The van der Waals surface area contributed by atoms with Gasteiger partial charge < -0.3 is 15.3 Å². The molecule has 0 aromatic carbocycles. The van der Waals surface area contributed by atoms with E-state index in [2.05, 4.69) is 0 Å². The van der Waals surface area contributed by atoms with Crippen LogP contribution in [0, 0.1) is 0 Å². The van der Waals surface area contributed by atoms with Gasteiger partial charge in [-0.25, -0.2) is 4.79 Å². The second-order valence-corrected chi connectivity index (χ2v) is 2.58. The molecule has 2 unspecified atom stereocenters. The Balaban J connectivity index is 3.91. The maximum absolute atomic E-state index is 10.1. The minimum Gasteiger partial charge on any atom is -0.479 e. The molecule has 0 bridgehead atoms. The number of hydrogen-bond donors (Lipinski definition) is 3. The summed E-state index contributed by atoms with van der Waals surface area (Å²) in [5, 5.41) is 27.3. The quantitative estimate of drug-likeness (QED) is 0.549. The number of aliphatic hydroxyl groups is 2. The highest BCUT2D eigenvalue weighted by atomic mass is 32.2. The molecule has 0 rings (SSSR count). The van der Waals surface area contributed by atoms with Gasteiger partial charge in [-0.2, -0.15) is 0 Å². The SMILES string of the molecule is CS/C=C/C(O)C(O)C(=O)O. The van der Waals surface area contributed by atoms with E-state index in [0.29, 0.717) is 0 Å². The van der Waals surface area contributed by atoms with E-state index < -0.39 is 18.2 Å². The van der Waals surface area contributed by atoms with E-state index in [1.807, 2.05) is 0 Å². The summed E-state index contributed by atoms with van der Waals surface area (Å²) in [4.78, 5) is 10.1. The first-order valence-electron chi connectivity index (χ1n) is 2.88. The maximum Gasteiger partial charge on any atom is 0.335 e. The molecule has 0 aromatic rings. The molecular formula is C6H10O4S. The number of carbonyl (C=O) groups is 1. The summed E-state index contributed by atoms with van der Waals surface area (Å²) >= 11 is 1.31. The molecule has 0 aliphatic heterocycles.